The smallest absolute Gasteiger partial charge is 0.188 e. The van der Waals surface area contributed by atoms with Crippen LogP contribution in [0.1, 0.15) is 30.8 Å². The van der Waals surface area contributed by atoms with E-state index in [-0.39, 0.29) is 5.78 Å². The summed E-state index contributed by atoms with van der Waals surface area (Å²) in [5, 5.41) is 4.24. The van der Waals surface area contributed by atoms with E-state index < -0.39 is 5.41 Å². The molecule has 0 spiro atoms. The van der Waals surface area contributed by atoms with Crippen molar-refractivity contribution < 1.29 is 4.79 Å². The monoisotopic (exact) mass is 257 g/mol. The fourth-order valence-corrected chi connectivity index (χ4v) is 1.96. The maximum Gasteiger partial charge on any atom is 0.188 e. The highest BCUT2D eigenvalue weighted by molar-refractivity contribution is 5.99. The van der Waals surface area contributed by atoms with Crippen molar-refractivity contribution in [2.45, 2.75) is 20.3 Å². The van der Waals surface area contributed by atoms with Gasteiger partial charge in [-0.3, -0.25) is 4.79 Å². The number of nitrogens with two attached hydrogens (primary N) is 1. The number of carbonyl (C=O) groups is 1. The zero-order chi connectivity index (χ0) is 13.9. The highest BCUT2D eigenvalue weighted by Crippen LogP contribution is 2.26. The van der Waals surface area contributed by atoms with Crippen LogP contribution in [-0.2, 0) is 0 Å². The molecule has 0 radical (unpaired) electrons. The predicted octanol–water partition coefficient (Wildman–Crippen LogP) is 2.43. The highest BCUT2D eigenvalue weighted by atomic mass is 16.1. The van der Waals surface area contributed by atoms with Crippen molar-refractivity contribution in [3.8, 4) is 5.69 Å². The third-order valence-electron chi connectivity index (χ3n) is 3.66. The van der Waals surface area contributed by atoms with E-state index in [0.29, 0.717) is 18.7 Å². The van der Waals surface area contributed by atoms with Gasteiger partial charge in [0, 0.05) is 12.0 Å². The third-order valence-corrected chi connectivity index (χ3v) is 3.66. The number of benzene rings is 1. The first-order chi connectivity index (χ1) is 9.12. The van der Waals surface area contributed by atoms with Crippen LogP contribution in [0.5, 0.6) is 0 Å². The van der Waals surface area contributed by atoms with Crippen molar-refractivity contribution in [3.05, 3.63) is 48.3 Å². The number of rotatable bonds is 5. The summed E-state index contributed by atoms with van der Waals surface area (Å²) in [5.41, 5.74) is 6.69. The number of carbonyl (C=O) groups excluding carboxylic acids is 1. The van der Waals surface area contributed by atoms with Gasteiger partial charge in [0.25, 0.3) is 0 Å². The van der Waals surface area contributed by atoms with Gasteiger partial charge in [0.15, 0.2) is 5.78 Å². The van der Waals surface area contributed by atoms with E-state index >= 15 is 0 Å². The number of aromatic nitrogens is 2. The van der Waals surface area contributed by atoms with Gasteiger partial charge in [0.05, 0.1) is 11.9 Å². The molecular weight excluding hydrogens is 238 g/mol. The lowest BCUT2D eigenvalue weighted by molar-refractivity contribution is 0.0811. The Morgan fingerprint density at radius 1 is 1.32 bits per heavy atom. The standard InChI is InChI=1S/C15H19N3O/c1-3-15(2,11-16)14(19)13-9-10-17-18(13)12-7-5-4-6-8-12/h4-10H,3,11,16H2,1-2H3. The molecule has 0 saturated carbocycles. The predicted molar refractivity (Wildman–Crippen MR) is 75.3 cm³/mol. The van der Waals surface area contributed by atoms with E-state index in [1.165, 1.54) is 0 Å². The van der Waals surface area contributed by atoms with E-state index in [1.54, 1.807) is 16.9 Å². The van der Waals surface area contributed by atoms with Gasteiger partial charge >= 0.3 is 0 Å². The van der Waals surface area contributed by atoms with Crippen molar-refractivity contribution in [2.75, 3.05) is 6.54 Å². The number of Topliss-reactive ketones (excluding diaryl/α,β-unsaturated/α-hetero) is 1. The second-order valence-corrected chi connectivity index (χ2v) is 4.91. The van der Waals surface area contributed by atoms with Crippen LogP contribution in [0.15, 0.2) is 42.6 Å². The van der Waals surface area contributed by atoms with E-state index in [4.69, 9.17) is 5.73 Å². The topological polar surface area (TPSA) is 60.9 Å². The molecule has 0 saturated heterocycles. The van der Waals surface area contributed by atoms with Gasteiger partial charge in [-0.25, -0.2) is 4.68 Å². The molecule has 0 aliphatic carbocycles. The molecule has 0 amide bonds. The molecule has 1 aromatic heterocycles. The number of ketones is 1. The summed E-state index contributed by atoms with van der Waals surface area (Å²) in [6.07, 6.45) is 2.36. The molecule has 1 aromatic carbocycles. The van der Waals surface area contributed by atoms with Gasteiger partial charge in [0.1, 0.15) is 5.69 Å². The van der Waals surface area contributed by atoms with Gasteiger partial charge in [-0.1, -0.05) is 32.0 Å². The SMILES string of the molecule is CCC(C)(CN)C(=O)c1ccnn1-c1ccccc1. The molecule has 2 aromatic rings. The summed E-state index contributed by atoms with van der Waals surface area (Å²) < 4.78 is 1.67. The van der Waals surface area contributed by atoms with Crippen molar-refractivity contribution in [1.82, 2.24) is 9.78 Å². The van der Waals surface area contributed by atoms with Crippen molar-refractivity contribution in [3.63, 3.8) is 0 Å². The number of hydrogen-bond acceptors (Lipinski definition) is 3. The molecule has 0 aliphatic rings. The third kappa shape index (κ3) is 2.44. The maximum atomic E-state index is 12.6. The van der Waals surface area contributed by atoms with Crippen LogP contribution in [-0.4, -0.2) is 22.1 Å². The fraction of sp³-hybridized carbons (Fsp3) is 0.333. The molecule has 1 heterocycles. The van der Waals surface area contributed by atoms with Gasteiger partial charge < -0.3 is 5.73 Å². The summed E-state index contributed by atoms with van der Waals surface area (Å²) in [5.74, 6) is 0.0406. The number of nitrogens with zero attached hydrogens (tertiary/aromatic N) is 2. The molecule has 2 rings (SSSR count). The molecule has 1 atom stereocenters. The molecule has 0 bridgehead atoms. The van der Waals surface area contributed by atoms with E-state index in [1.807, 2.05) is 44.2 Å². The minimum absolute atomic E-state index is 0.0406. The first-order valence-corrected chi connectivity index (χ1v) is 6.46. The Morgan fingerprint density at radius 3 is 2.58 bits per heavy atom. The zero-order valence-electron chi connectivity index (χ0n) is 11.3. The van der Waals surface area contributed by atoms with E-state index in [9.17, 15) is 4.79 Å². The minimum atomic E-state index is -0.535. The Morgan fingerprint density at radius 2 is 2.00 bits per heavy atom. The van der Waals surface area contributed by atoms with Crippen molar-refractivity contribution >= 4 is 5.78 Å². The number of para-hydroxylation sites is 1. The molecule has 4 nitrogen and oxygen atoms in total. The lowest BCUT2D eigenvalue weighted by Gasteiger charge is -2.24. The Labute approximate surface area is 113 Å². The second-order valence-electron chi connectivity index (χ2n) is 4.91. The number of hydrogen-bond donors (Lipinski definition) is 1. The molecule has 4 heteroatoms. The molecule has 1 unspecified atom stereocenters. The summed E-state index contributed by atoms with van der Waals surface area (Å²) in [7, 11) is 0. The molecule has 100 valence electrons. The molecule has 19 heavy (non-hydrogen) atoms. The van der Waals surface area contributed by atoms with Crippen molar-refractivity contribution in [1.29, 1.82) is 0 Å². The van der Waals surface area contributed by atoms with Crippen LogP contribution in [0.25, 0.3) is 5.69 Å². The Bertz CT molecular complexity index is 556. The highest BCUT2D eigenvalue weighted by Gasteiger charge is 2.32. The largest absolute Gasteiger partial charge is 0.329 e. The second kappa shape index (κ2) is 5.36. The van der Waals surface area contributed by atoms with Gasteiger partial charge in [-0.2, -0.15) is 5.10 Å². The van der Waals surface area contributed by atoms with E-state index in [2.05, 4.69) is 5.10 Å². The molecule has 2 N–H and O–H groups in total. The Balaban J connectivity index is 2.43. The van der Waals surface area contributed by atoms with Gasteiger partial charge in [0.2, 0.25) is 0 Å². The molecule has 0 fully saturated rings. The van der Waals surface area contributed by atoms with Crippen LogP contribution >= 0.6 is 0 Å². The lowest BCUT2D eigenvalue weighted by Crippen LogP contribution is -2.36. The Kier molecular flexibility index (Phi) is 3.81. The van der Waals surface area contributed by atoms with Crippen LogP contribution in [0.4, 0.5) is 0 Å². The van der Waals surface area contributed by atoms with Crippen LogP contribution in [0.3, 0.4) is 0 Å². The normalized spacial score (nSPS) is 14.1. The first kappa shape index (κ1) is 13.5. The quantitative estimate of drug-likeness (QED) is 0.837. The first-order valence-electron chi connectivity index (χ1n) is 6.46. The van der Waals surface area contributed by atoms with Crippen LogP contribution in [0, 0.1) is 5.41 Å². The maximum absolute atomic E-state index is 12.6. The summed E-state index contributed by atoms with van der Waals surface area (Å²) >= 11 is 0. The minimum Gasteiger partial charge on any atom is -0.329 e. The fourth-order valence-electron chi connectivity index (χ4n) is 1.96. The van der Waals surface area contributed by atoms with Crippen LogP contribution in [0.2, 0.25) is 0 Å². The zero-order valence-corrected chi connectivity index (χ0v) is 11.3. The Hall–Kier alpha value is -1.94. The summed E-state index contributed by atoms with van der Waals surface area (Å²) in [6, 6.07) is 11.4. The average molecular weight is 257 g/mol. The summed E-state index contributed by atoms with van der Waals surface area (Å²) in [6.45, 7) is 4.22. The van der Waals surface area contributed by atoms with E-state index in [0.717, 1.165) is 5.69 Å². The average Bonchev–Trinajstić information content (AvgIpc) is 2.95. The van der Waals surface area contributed by atoms with Gasteiger partial charge in [-0.15, -0.1) is 0 Å². The lowest BCUT2D eigenvalue weighted by atomic mass is 9.81. The van der Waals surface area contributed by atoms with Crippen LogP contribution < -0.4 is 5.73 Å². The van der Waals surface area contributed by atoms with Gasteiger partial charge in [-0.05, 0) is 24.6 Å². The molecular formula is C15H19N3O. The van der Waals surface area contributed by atoms with Crippen molar-refractivity contribution in [2.24, 2.45) is 11.1 Å². The summed E-state index contributed by atoms with van der Waals surface area (Å²) in [4.78, 5) is 12.6. The molecule has 0 aliphatic heterocycles.